The lowest BCUT2D eigenvalue weighted by molar-refractivity contribution is 0.411. The van der Waals surface area contributed by atoms with Crippen LogP contribution in [0.2, 0.25) is 0 Å². The van der Waals surface area contributed by atoms with Crippen LogP contribution in [0.25, 0.3) is 0 Å². The van der Waals surface area contributed by atoms with Crippen LogP contribution in [-0.4, -0.2) is 19.4 Å². The number of rotatable bonds is 10. The molecule has 1 aromatic rings. The number of methoxy groups -OCH3 is 1. The monoisotopic (exact) mass is 295 g/mol. The van der Waals surface area contributed by atoms with E-state index in [9.17, 15) is 0 Å². The zero-order valence-electron chi connectivity index (χ0n) is 13.4. The standard InChI is InChI=1S/C17H29NOS/c1-5-9-18-11-15-7-8-17(19-4)16(10-15)13-20-12-14(3)6-2/h7-8,10,14,18H,5-6,9,11-13H2,1-4H3. The summed E-state index contributed by atoms with van der Waals surface area (Å²) >= 11 is 2.01. The minimum Gasteiger partial charge on any atom is -0.496 e. The molecule has 0 saturated carbocycles. The third-order valence-electron chi connectivity index (χ3n) is 3.46. The molecule has 0 radical (unpaired) electrons. The smallest absolute Gasteiger partial charge is 0.122 e. The third kappa shape index (κ3) is 6.19. The summed E-state index contributed by atoms with van der Waals surface area (Å²) in [6.07, 6.45) is 2.43. The van der Waals surface area contributed by atoms with Crippen molar-refractivity contribution >= 4 is 11.8 Å². The van der Waals surface area contributed by atoms with Crippen molar-refractivity contribution < 1.29 is 4.74 Å². The van der Waals surface area contributed by atoms with E-state index in [1.165, 1.54) is 29.7 Å². The van der Waals surface area contributed by atoms with Crippen LogP contribution in [0.3, 0.4) is 0 Å². The Morgan fingerprint density at radius 3 is 2.75 bits per heavy atom. The van der Waals surface area contributed by atoms with Crippen molar-refractivity contribution in [2.75, 3.05) is 19.4 Å². The van der Waals surface area contributed by atoms with E-state index in [0.717, 1.165) is 30.5 Å². The molecular formula is C17H29NOS. The molecule has 0 bridgehead atoms. The lowest BCUT2D eigenvalue weighted by Gasteiger charge is -2.12. The number of nitrogens with one attached hydrogen (secondary N) is 1. The number of benzene rings is 1. The Hall–Kier alpha value is -0.670. The van der Waals surface area contributed by atoms with Crippen LogP contribution < -0.4 is 10.1 Å². The Bertz CT molecular complexity index is 381. The fraction of sp³-hybridized carbons (Fsp3) is 0.647. The van der Waals surface area contributed by atoms with Crippen LogP contribution in [0.4, 0.5) is 0 Å². The Morgan fingerprint density at radius 2 is 2.10 bits per heavy atom. The first-order chi connectivity index (χ1) is 9.71. The number of hydrogen-bond donors (Lipinski definition) is 1. The summed E-state index contributed by atoms with van der Waals surface area (Å²) in [6.45, 7) is 8.78. The van der Waals surface area contributed by atoms with Crippen LogP contribution in [-0.2, 0) is 12.3 Å². The molecule has 1 N–H and O–H groups in total. The normalized spacial score (nSPS) is 12.4. The van der Waals surface area contributed by atoms with Crippen molar-refractivity contribution in [3.05, 3.63) is 29.3 Å². The number of ether oxygens (including phenoxy) is 1. The molecule has 0 spiro atoms. The van der Waals surface area contributed by atoms with E-state index in [0.29, 0.717) is 0 Å². The van der Waals surface area contributed by atoms with E-state index in [1.54, 1.807) is 7.11 Å². The SMILES string of the molecule is CCCNCc1ccc(OC)c(CSCC(C)CC)c1. The predicted molar refractivity (Wildman–Crippen MR) is 90.6 cm³/mol. The summed E-state index contributed by atoms with van der Waals surface area (Å²) in [4.78, 5) is 0. The summed E-state index contributed by atoms with van der Waals surface area (Å²) < 4.78 is 5.48. The molecule has 114 valence electrons. The zero-order valence-corrected chi connectivity index (χ0v) is 14.2. The highest BCUT2D eigenvalue weighted by atomic mass is 32.2. The molecular weight excluding hydrogens is 266 g/mol. The summed E-state index contributed by atoms with van der Waals surface area (Å²) in [5, 5.41) is 3.45. The molecule has 1 rings (SSSR count). The van der Waals surface area contributed by atoms with E-state index in [1.807, 2.05) is 11.8 Å². The Balaban J connectivity index is 2.58. The first-order valence-corrected chi connectivity index (χ1v) is 8.80. The fourth-order valence-corrected chi connectivity index (χ4v) is 3.15. The van der Waals surface area contributed by atoms with Crippen molar-refractivity contribution in [1.82, 2.24) is 5.32 Å². The number of thioether (sulfide) groups is 1. The molecule has 1 atom stereocenters. The van der Waals surface area contributed by atoms with Crippen molar-refractivity contribution in [3.63, 3.8) is 0 Å². The highest BCUT2D eigenvalue weighted by molar-refractivity contribution is 7.98. The lowest BCUT2D eigenvalue weighted by Crippen LogP contribution is -2.13. The van der Waals surface area contributed by atoms with Gasteiger partial charge >= 0.3 is 0 Å². The quantitative estimate of drug-likeness (QED) is 0.643. The van der Waals surface area contributed by atoms with Gasteiger partial charge in [-0.15, -0.1) is 0 Å². The molecule has 1 aromatic carbocycles. The molecule has 0 fully saturated rings. The Kier molecular flexibility index (Phi) is 8.79. The van der Waals surface area contributed by atoms with Crippen LogP contribution in [0.5, 0.6) is 5.75 Å². The van der Waals surface area contributed by atoms with Gasteiger partial charge in [-0.3, -0.25) is 0 Å². The zero-order chi connectivity index (χ0) is 14.8. The van der Waals surface area contributed by atoms with Gasteiger partial charge in [-0.25, -0.2) is 0 Å². The summed E-state index contributed by atoms with van der Waals surface area (Å²) in [5.41, 5.74) is 2.66. The van der Waals surface area contributed by atoms with Gasteiger partial charge in [-0.05, 0) is 42.3 Å². The van der Waals surface area contributed by atoms with Crippen LogP contribution >= 0.6 is 11.8 Å². The van der Waals surface area contributed by atoms with Gasteiger partial charge in [-0.1, -0.05) is 33.3 Å². The first kappa shape index (κ1) is 17.4. The summed E-state index contributed by atoms with van der Waals surface area (Å²) in [7, 11) is 1.76. The molecule has 2 nitrogen and oxygen atoms in total. The Labute approximate surface area is 128 Å². The van der Waals surface area contributed by atoms with Crippen molar-refractivity contribution in [1.29, 1.82) is 0 Å². The largest absolute Gasteiger partial charge is 0.496 e. The average Bonchev–Trinajstić information content (AvgIpc) is 2.47. The molecule has 0 heterocycles. The maximum absolute atomic E-state index is 5.48. The van der Waals surface area contributed by atoms with Gasteiger partial charge in [0.05, 0.1) is 7.11 Å². The van der Waals surface area contributed by atoms with Crippen molar-refractivity contribution in [3.8, 4) is 5.75 Å². The van der Waals surface area contributed by atoms with Gasteiger partial charge in [-0.2, -0.15) is 11.8 Å². The predicted octanol–water partition coefficient (Wildman–Crippen LogP) is 4.47. The van der Waals surface area contributed by atoms with Crippen molar-refractivity contribution in [2.24, 2.45) is 5.92 Å². The highest BCUT2D eigenvalue weighted by Crippen LogP contribution is 2.26. The topological polar surface area (TPSA) is 21.3 Å². The molecule has 20 heavy (non-hydrogen) atoms. The highest BCUT2D eigenvalue weighted by Gasteiger charge is 2.06. The maximum Gasteiger partial charge on any atom is 0.122 e. The van der Waals surface area contributed by atoms with Gasteiger partial charge < -0.3 is 10.1 Å². The minimum absolute atomic E-state index is 0.792. The lowest BCUT2D eigenvalue weighted by atomic mass is 10.1. The van der Waals surface area contributed by atoms with Gasteiger partial charge in [0.2, 0.25) is 0 Å². The van der Waals surface area contributed by atoms with Gasteiger partial charge in [0.1, 0.15) is 5.75 Å². The van der Waals surface area contributed by atoms with E-state index in [2.05, 4.69) is 44.3 Å². The van der Waals surface area contributed by atoms with E-state index >= 15 is 0 Å². The second-order valence-electron chi connectivity index (χ2n) is 5.35. The molecule has 0 aliphatic rings. The van der Waals surface area contributed by atoms with Gasteiger partial charge in [0.25, 0.3) is 0 Å². The second kappa shape index (κ2) is 10.1. The summed E-state index contributed by atoms with van der Waals surface area (Å²) in [6, 6.07) is 6.54. The Morgan fingerprint density at radius 1 is 1.30 bits per heavy atom. The van der Waals surface area contributed by atoms with Crippen LogP contribution in [0.15, 0.2) is 18.2 Å². The molecule has 0 aliphatic carbocycles. The molecule has 1 unspecified atom stereocenters. The van der Waals surface area contributed by atoms with E-state index in [4.69, 9.17) is 4.74 Å². The van der Waals surface area contributed by atoms with Gasteiger partial charge in [0.15, 0.2) is 0 Å². The van der Waals surface area contributed by atoms with Crippen LogP contribution in [0, 0.1) is 5.92 Å². The molecule has 0 amide bonds. The molecule has 3 heteroatoms. The number of hydrogen-bond acceptors (Lipinski definition) is 3. The first-order valence-electron chi connectivity index (χ1n) is 7.65. The second-order valence-corrected chi connectivity index (χ2v) is 6.38. The average molecular weight is 295 g/mol. The molecule has 0 aliphatic heterocycles. The molecule has 0 aromatic heterocycles. The minimum atomic E-state index is 0.792. The van der Waals surface area contributed by atoms with Crippen molar-refractivity contribution in [2.45, 2.75) is 45.9 Å². The summed E-state index contributed by atoms with van der Waals surface area (Å²) in [5.74, 6) is 4.06. The fourth-order valence-electron chi connectivity index (χ4n) is 1.95. The van der Waals surface area contributed by atoms with E-state index < -0.39 is 0 Å². The van der Waals surface area contributed by atoms with Gasteiger partial charge in [0, 0.05) is 17.9 Å². The van der Waals surface area contributed by atoms with E-state index in [-0.39, 0.29) is 0 Å². The maximum atomic E-state index is 5.48. The van der Waals surface area contributed by atoms with Crippen LogP contribution in [0.1, 0.15) is 44.7 Å². The molecule has 0 saturated heterocycles. The third-order valence-corrected chi connectivity index (χ3v) is 4.78.